The first-order chi connectivity index (χ1) is 9.10. The highest BCUT2D eigenvalue weighted by Gasteiger charge is 2.46. The minimum atomic E-state index is -0.117. The number of benzene rings is 1. The van der Waals surface area contributed by atoms with E-state index in [9.17, 15) is 0 Å². The van der Waals surface area contributed by atoms with Crippen LogP contribution in [-0.4, -0.2) is 11.2 Å². The molecule has 0 N–H and O–H groups in total. The molecule has 1 spiro atoms. The van der Waals surface area contributed by atoms with Gasteiger partial charge < -0.3 is 4.74 Å². The average Bonchev–Trinajstić information content (AvgIpc) is 2.62. The first-order valence-electron chi connectivity index (χ1n) is 7.26. The summed E-state index contributed by atoms with van der Waals surface area (Å²) < 4.78 is 6.45. The Morgan fingerprint density at radius 2 is 1.68 bits per heavy atom. The molecule has 1 aliphatic heterocycles. The lowest BCUT2D eigenvalue weighted by Crippen LogP contribution is -2.37. The van der Waals surface area contributed by atoms with Crippen LogP contribution in [0, 0.1) is 0 Å². The van der Waals surface area contributed by atoms with E-state index in [0.717, 1.165) is 0 Å². The van der Waals surface area contributed by atoms with Crippen molar-refractivity contribution in [2.24, 2.45) is 0 Å². The first-order valence-corrected chi connectivity index (χ1v) is 8.08. The molecular formula is C17H22OS. The summed E-state index contributed by atoms with van der Waals surface area (Å²) in [7, 11) is 0. The van der Waals surface area contributed by atoms with E-state index in [4.69, 9.17) is 4.74 Å². The Morgan fingerprint density at radius 3 is 2.37 bits per heavy atom. The van der Waals surface area contributed by atoms with Crippen LogP contribution in [0.5, 0.6) is 0 Å². The highest BCUT2D eigenvalue weighted by atomic mass is 32.2. The minimum Gasteiger partial charge on any atom is -0.360 e. The molecule has 1 saturated carbocycles. The molecule has 2 heteroatoms. The van der Waals surface area contributed by atoms with Crippen molar-refractivity contribution in [1.29, 1.82) is 0 Å². The molecule has 102 valence electrons. The van der Waals surface area contributed by atoms with E-state index in [1.165, 1.54) is 41.9 Å². The molecule has 1 aromatic rings. The van der Waals surface area contributed by atoms with Crippen LogP contribution in [0.3, 0.4) is 0 Å². The smallest absolute Gasteiger partial charge is 0.100 e. The van der Waals surface area contributed by atoms with E-state index in [0.29, 0.717) is 0 Å². The molecule has 1 aromatic carbocycles. The molecular weight excluding hydrogens is 252 g/mol. The SMILES string of the molecule is CC1(C)C=C(Sc2ccccc2)C2(CCCCC2)O1. The first kappa shape index (κ1) is 13.3. The van der Waals surface area contributed by atoms with Crippen molar-refractivity contribution in [2.75, 3.05) is 0 Å². The Kier molecular flexibility index (Phi) is 3.48. The Balaban J connectivity index is 1.87. The Hall–Kier alpha value is -0.730. The van der Waals surface area contributed by atoms with Crippen molar-refractivity contribution in [3.8, 4) is 0 Å². The molecule has 0 bridgehead atoms. The van der Waals surface area contributed by atoms with Crippen LogP contribution in [0.1, 0.15) is 46.0 Å². The fraction of sp³-hybridized carbons (Fsp3) is 0.529. The summed E-state index contributed by atoms with van der Waals surface area (Å²) in [6, 6.07) is 10.7. The summed E-state index contributed by atoms with van der Waals surface area (Å²) in [6.07, 6.45) is 8.65. The lowest BCUT2D eigenvalue weighted by Gasteiger charge is -2.37. The molecule has 0 aromatic heterocycles. The van der Waals surface area contributed by atoms with Gasteiger partial charge in [-0.3, -0.25) is 0 Å². The molecule has 3 rings (SSSR count). The highest BCUT2D eigenvalue weighted by molar-refractivity contribution is 8.03. The molecule has 1 fully saturated rings. The third-order valence-corrected chi connectivity index (χ3v) is 5.24. The van der Waals surface area contributed by atoms with E-state index in [1.54, 1.807) is 0 Å². The summed E-state index contributed by atoms with van der Waals surface area (Å²) in [5.74, 6) is 0. The maximum atomic E-state index is 6.45. The number of hydrogen-bond acceptors (Lipinski definition) is 2. The summed E-state index contributed by atoms with van der Waals surface area (Å²) in [5.41, 5.74) is -0.114. The van der Waals surface area contributed by atoms with E-state index < -0.39 is 0 Å². The van der Waals surface area contributed by atoms with Gasteiger partial charge in [-0.1, -0.05) is 49.2 Å². The molecule has 0 saturated heterocycles. The molecule has 0 radical (unpaired) electrons. The predicted octanol–water partition coefficient (Wildman–Crippen LogP) is 5.17. The van der Waals surface area contributed by atoms with E-state index in [-0.39, 0.29) is 11.2 Å². The quantitative estimate of drug-likeness (QED) is 0.735. The molecule has 1 nitrogen and oxygen atoms in total. The Morgan fingerprint density at radius 1 is 1.00 bits per heavy atom. The molecule has 1 heterocycles. The van der Waals surface area contributed by atoms with Gasteiger partial charge in [0.1, 0.15) is 5.60 Å². The molecule has 1 aliphatic carbocycles. The minimum absolute atomic E-state index is 0.00224. The van der Waals surface area contributed by atoms with Gasteiger partial charge in [0.05, 0.1) is 5.60 Å². The topological polar surface area (TPSA) is 9.23 Å². The fourth-order valence-electron chi connectivity index (χ4n) is 3.24. The maximum Gasteiger partial charge on any atom is 0.100 e. The van der Waals surface area contributed by atoms with Crippen molar-refractivity contribution in [1.82, 2.24) is 0 Å². The Bertz CT molecular complexity index is 469. The van der Waals surface area contributed by atoms with Gasteiger partial charge in [0.15, 0.2) is 0 Å². The van der Waals surface area contributed by atoms with Gasteiger partial charge in [-0.25, -0.2) is 0 Å². The van der Waals surface area contributed by atoms with Crippen molar-refractivity contribution < 1.29 is 4.74 Å². The van der Waals surface area contributed by atoms with Gasteiger partial charge in [-0.15, -0.1) is 0 Å². The zero-order valence-corrected chi connectivity index (χ0v) is 12.6. The molecule has 0 atom stereocenters. The van der Waals surface area contributed by atoms with E-state index in [2.05, 4.69) is 50.3 Å². The van der Waals surface area contributed by atoms with Crippen LogP contribution in [0.2, 0.25) is 0 Å². The summed E-state index contributed by atoms with van der Waals surface area (Å²) in [5, 5.41) is 0. The number of ether oxygens (including phenoxy) is 1. The number of thioether (sulfide) groups is 1. The van der Waals surface area contributed by atoms with Gasteiger partial charge in [0, 0.05) is 9.80 Å². The molecule has 2 aliphatic rings. The van der Waals surface area contributed by atoms with E-state index in [1.807, 2.05) is 11.8 Å². The van der Waals surface area contributed by atoms with Crippen molar-refractivity contribution >= 4 is 11.8 Å². The summed E-state index contributed by atoms with van der Waals surface area (Å²) in [6.45, 7) is 4.36. The monoisotopic (exact) mass is 274 g/mol. The second-order valence-corrected chi connectivity index (χ2v) is 7.30. The second-order valence-electron chi connectivity index (χ2n) is 6.18. The van der Waals surface area contributed by atoms with Crippen molar-refractivity contribution in [3.63, 3.8) is 0 Å². The largest absolute Gasteiger partial charge is 0.360 e. The molecule has 0 unspecified atom stereocenters. The Labute approximate surface area is 120 Å². The lowest BCUT2D eigenvalue weighted by molar-refractivity contribution is -0.0884. The fourth-order valence-corrected chi connectivity index (χ4v) is 4.56. The second kappa shape index (κ2) is 4.99. The van der Waals surface area contributed by atoms with Gasteiger partial charge in [0.2, 0.25) is 0 Å². The van der Waals surface area contributed by atoms with Crippen LogP contribution in [0.25, 0.3) is 0 Å². The van der Waals surface area contributed by atoms with Gasteiger partial charge >= 0.3 is 0 Å². The number of rotatable bonds is 2. The molecule has 19 heavy (non-hydrogen) atoms. The zero-order valence-electron chi connectivity index (χ0n) is 11.8. The predicted molar refractivity (Wildman–Crippen MR) is 81.4 cm³/mol. The van der Waals surface area contributed by atoms with Crippen LogP contribution in [0.15, 0.2) is 46.2 Å². The zero-order chi connectivity index (χ0) is 13.3. The van der Waals surface area contributed by atoms with Crippen molar-refractivity contribution in [2.45, 2.75) is 62.0 Å². The normalized spacial score (nSPS) is 24.4. The van der Waals surface area contributed by atoms with Crippen LogP contribution in [0.4, 0.5) is 0 Å². The standard InChI is InChI=1S/C17H22OS/c1-16(2)13-15(19-14-9-5-3-6-10-14)17(18-16)11-7-4-8-12-17/h3,5-6,9-10,13H,4,7-8,11-12H2,1-2H3. The lowest BCUT2D eigenvalue weighted by atomic mass is 9.85. The summed E-state index contributed by atoms with van der Waals surface area (Å²) >= 11 is 1.89. The van der Waals surface area contributed by atoms with Gasteiger partial charge in [-0.2, -0.15) is 0 Å². The third-order valence-electron chi connectivity index (χ3n) is 4.02. The third kappa shape index (κ3) is 2.75. The highest BCUT2D eigenvalue weighted by Crippen LogP contribution is 2.51. The van der Waals surface area contributed by atoms with Crippen molar-refractivity contribution in [3.05, 3.63) is 41.3 Å². The van der Waals surface area contributed by atoms with Gasteiger partial charge in [0.25, 0.3) is 0 Å². The van der Waals surface area contributed by atoms with Crippen LogP contribution >= 0.6 is 11.8 Å². The van der Waals surface area contributed by atoms with Crippen LogP contribution < -0.4 is 0 Å². The van der Waals surface area contributed by atoms with E-state index >= 15 is 0 Å². The van der Waals surface area contributed by atoms with Gasteiger partial charge in [-0.05, 0) is 44.9 Å². The van der Waals surface area contributed by atoms with Crippen LogP contribution in [-0.2, 0) is 4.74 Å². The molecule has 0 amide bonds. The summed E-state index contributed by atoms with van der Waals surface area (Å²) in [4.78, 5) is 2.75. The average molecular weight is 274 g/mol. The number of hydrogen-bond donors (Lipinski definition) is 0. The maximum absolute atomic E-state index is 6.45.